The van der Waals surface area contributed by atoms with Gasteiger partial charge in [-0.2, -0.15) is 0 Å². The van der Waals surface area contributed by atoms with Crippen molar-refractivity contribution in [2.45, 2.75) is 31.7 Å². The number of hydrogen-bond acceptors (Lipinski definition) is 5. The van der Waals surface area contributed by atoms with Gasteiger partial charge in [0.25, 0.3) is 0 Å². The van der Waals surface area contributed by atoms with Crippen molar-refractivity contribution >= 4 is 29.0 Å². The van der Waals surface area contributed by atoms with Crippen molar-refractivity contribution < 1.29 is 9.72 Å². The van der Waals surface area contributed by atoms with Crippen LogP contribution in [0.3, 0.4) is 0 Å². The van der Waals surface area contributed by atoms with Crippen molar-refractivity contribution in [1.29, 1.82) is 0 Å². The lowest BCUT2D eigenvalue weighted by atomic mass is 10.2. The molecule has 0 unspecified atom stereocenters. The van der Waals surface area contributed by atoms with Crippen LogP contribution >= 0.6 is 11.6 Å². The second-order valence-electron chi connectivity index (χ2n) is 4.77. The van der Waals surface area contributed by atoms with Crippen molar-refractivity contribution in [1.82, 2.24) is 4.98 Å². The van der Waals surface area contributed by atoms with E-state index in [1.807, 2.05) is 0 Å². The van der Waals surface area contributed by atoms with E-state index in [-0.39, 0.29) is 29.2 Å². The average Bonchev–Trinajstić information content (AvgIpc) is 2.88. The van der Waals surface area contributed by atoms with Gasteiger partial charge in [0.1, 0.15) is 5.15 Å². The van der Waals surface area contributed by atoms with Crippen LogP contribution in [0.5, 0.6) is 0 Å². The van der Waals surface area contributed by atoms with Crippen LogP contribution in [0.1, 0.15) is 25.7 Å². The summed E-state index contributed by atoms with van der Waals surface area (Å²) in [5, 5.41) is 11.3. The summed E-state index contributed by atoms with van der Waals surface area (Å²) < 4.78 is 0. The van der Waals surface area contributed by atoms with Crippen molar-refractivity contribution in [2.24, 2.45) is 5.73 Å². The first-order valence-corrected chi connectivity index (χ1v) is 6.72. The average molecular weight is 299 g/mol. The summed E-state index contributed by atoms with van der Waals surface area (Å²) in [6.45, 7) is -0.0984. The maximum atomic E-state index is 11.3. The minimum Gasteiger partial charge on any atom is -0.368 e. The number of nitrogens with two attached hydrogens (primary N) is 1. The lowest BCUT2D eigenvalue weighted by Crippen LogP contribution is -2.41. The lowest BCUT2D eigenvalue weighted by Gasteiger charge is -2.28. The molecular formula is C12H15ClN4O3. The van der Waals surface area contributed by atoms with Crippen LogP contribution in [0, 0.1) is 10.1 Å². The maximum Gasteiger partial charge on any atom is 0.311 e. The monoisotopic (exact) mass is 298 g/mol. The summed E-state index contributed by atoms with van der Waals surface area (Å²) in [7, 11) is 0. The highest BCUT2D eigenvalue weighted by molar-refractivity contribution is 6.29. The second kappa shape index (κ2) is 6.04. The third kappa shape index (κ3) is 3.16. The number of hydrogen-bond donors (Lipinski definition) is 1. The zero-order valence-corrected chi connectivity index (χ0v) is 11.5. The van der Waals surface area contributed by atoms with Crippen LogP contribution in [-0.4, -0.2) is 28.4 Å². The molecule has 1 heterocycles. The van der Waals surface area contributed by atoms with Gasteiger partial charge in [0.2, 0.25) is 11.7 Å². The number of nitro groups is 1. The van der Waals surface area contributed by atoms with Gasteiger partial charge in [-0.3, -0.25) is 14.9 Å². The maximum absolute atomic E-state index is 11.3. The number of anilines is 1. The second-order valence-corrected chi connectivity index (χ2v) is 5.15. The molecule has 1 aliphatic rings. The molecule has 1 saturated carbocycles. The lowest BCUT2D eigenvalue weighted by molar-refractivity contribution is -0.384. The highest BCUT2D eigenvalue weighted by Gasteiger charge is 2.30. The molecule has 0 bridgehead atoms. The fourth-order valence-electron chi connectivity index (χ4n) is 2.53. The number of halogens is 1. The highest BCUT2D eigenvalue weighted by Crippen LogP contribution is 2.33. The Kier molecular flexibility index (Phi) is 4.39. The van der Waals surface area contributed by atoms with E-state index in [0.29, 0.717) is 0 Å². The molecule has 0 radical (unpaired) electrons. The Morgan fingerprint density at radius 3 is 2.70 bits per heavy atom. The number of carbonyl (C=O) groups excluding carboxylic acids is 1. The zero-order valence-electron chi connectivity index (χ0n) is 10.8. The minimum absolute atomic E-state index is 0.0344. The first-order valence-electron chi connectivity index (χ1n) is 6.35. The Morgan fingerprint density at radius 2 is 2.15 bits per heavy atom. The van der Waals surface area contributed by atoms with E-state index in [0.717, 1.165) is 25.7 Å². The molecule has 108 valence electrons. The summed E-state index contributed by atoms with van der Waals surface area (Å²) in [4.78, 5) is 27.5. The van der Waals surface area contributed by atoms with E-state index in [1.54, 1.807) is 4.90 Å². The largest absolute Gasteiger partial charge is 0.368 e. The van der Waals surface area contributed by atoms with Crippen LogP contribution in [0.15, 0.2) is 12.1 Å². The summed E-state index contributed by atoms with van der Waals surface area (Å²) in [6.07, 6.45) is 3.76. The van der Waals surface area contributed by atoms with Crippen LogP contribution < -0.4 is 10.6 Å². The SMILES string of the molecule is NC(=O)CN(c1nc(Cl)ccc1[N+](=O)[O-])C1CCCC1. The van der Waals surface area contributed by atoms with Crippen LogP contribution in [0.25, 0.3) is 0 Å². The molecule has 1 amide bonds. The summed E-state index contributed by atoms with van der Waals surface area (Å²) in [6, 6.07) is 2.70. The van der Waals surface area contributed by atoms with E-state index >= 15 is 0 Å². The smallest absolute Gasteiger partial charge is 0.311 e. The van der Waals surface area contributed by atoms with Crippen molar-refractivity contribution in [2.75, 3.05) is 11.4 Å². The van der Waals surface area contributed by atoms with Crippen LogP contribution in [0.4, 0.5) is 11.5 Å². The molecule has 2 N–H and O–H groups in total. The summed E-state index contributed by atoms with van der Waals surface area (Å²) in [5.74, 6) is -0.429. The minimum atomic E-state index is -0.548. The molecule has 0 aliphatic heterocycles. The normalized spacial score (nSPS) is 15.2. The number of rotatable bonds is 5. The molecule has 8 heteroatoms. The Labute approximate surface area is 120 Å². The van der Waals surface area contributed by atoms with E-state index < -0.39 is 10.8 Å². The van der Waals surface area contributed by atoms with Crippen molar-refractivity contribution in [3.05, 3.63) is 27.4 Å². The molecule has 0 aromatic carbocycles. The Morgan fingerprint density at radius 1 is 1.50 bits per heavy atom. The van der Waals surface area contributed by atoms with E-state index in [4.69, 9.17) is 17.3 Å². The van der Waals surface area contributed by atoms with Gasteiger partial charge in [0.05, 0.1) is 11.5 Å². The highest BCUT2D eigenvalue weighted by atomic mass is 35.5. The molecule has 1 aliphatic carbocycles. The molecule has 0 saturated heterocycles. The molecule has 1 aromatic rings. The van der Waals surface area contributed by atoms with Gasteiger partial charge in [-0.25, -0.2) is 4.98 Å². The topological polar surface area (TPSA) is 102 Å². The van der Waals surface area contributed by atoms with E-state index in [1.165, 1.54) is 12.1 Å². The van der Waals surface area contributed by atoms with Crippen molar-refractivity contribution in [3.63, 3.8) is 0 Å². The zero-order chi connectivity index (χ0) is 14.7. The van der Waals surface area contributed by atoms with Gasteiger partial charge >= 0.3 is 5.69 Å². The standard InChI is InChI=1S/C12H15ClN4O3/c13-10-6-5-9(17(19)20)12(15-10)16(7-11(14)18)8-3-1-2-4-8/h5-6,8H,1-4,7H2,(H2,14,18). The van der Waals surface area contributed by atoms with Gasteiger partial charge < -0.3 is 10.6 Å². The molecule has 7 nitrogen and oxygen atoms in total. The van der Waals surface area contributed by atoms with Gasteiger partial charge in [0, 0.05) is 12.1 Å². The Balaban J connectivity index is 2.43. The summed E-state index contributed by atoms with van der Waals surface area (Å²) >= 11 is 5.83. The number of amides is 1. The molecular weight excluding hydrogens is 284 g/mol. The van der Waals surface area contributed by atoms with Gasteiger partial charge in [-0.05, 0) is 18.9 Å². The third-order valence-electron chi connectivity index (χ3n) is 3.38. The number of nitrogens with zero attached hydrogens (tertiary/aromatic N) is 3. The number of primary amides is 1. The Bertz CT molecular complexity index is 531. The Hall–Kier alpha value is -1.89. The molecule has 1 aromatic heterocycles. The molecule has 0 spiro atoms. The quantitative estimate of drug-likeness (QED) is 0.508. The summed E-state index contributed by atoms with van der Waals surface area (Å²) in [5.41, 5.74) is 5.09. The predicted molar refractivity (Wildman–Crippen MR) is 74.7 cm³/mol. The van der Waals surface area contributed by atoms with E-state index in [2.05, 4.69) is 4.98 Å². The number of carbonyl (C=O) groups is 1. The fraction of sp³-hybridized carbons (Fsp3) is 0.500. The van der Waals surface area contributed by atoms with E-state index in [9.17, 15) is 14.9 Å². The van der Waals surface area contributed by atoms with Crippen LogP contribution in [0.2, 0.25) is 5.15 Å². The predicted octanol–water partition coefficient (Wildman–Crippen LogP) is 1.88. The van der Waals surface area contributed by atoms with Gasteiger partial charge in [0.15, 0.2) is 0 Å². The number of aromatic nitrogens is 1. The van der Waals surface area contributed by atoms with Gasteiger partial charge in [-0.1, -0.05) is 24.4 Å². The van der Waals surface area contributed by atoms with Gasteiger partial charge in [-0.15, -0.1) is 0 Å². The fourth-order valence-corrected chi connectivity index (χ4v) is 2.68. The van der Waals surface area contributed by atoms with Crippen molar-refractivity contribution in [3.8, 4) is 0 Å². The third-order valence-corrected chi connectivity index (χ3v) is 3.59. The number of pyridine rings is 1. The first-order chi connectivity index (χ1) is 9.49. The van der Waals surface area contributed by atoms with Crippen LogP contribution in [-0.2, 0) is 4.79 Å². The molecule has 20 heavy (non-hydrogen) atoms. The molecule has 1 fully saturated rings. The molecule has 0 atom stereocenters. The molecule has 2 rings (SSSR count). The first kappa shape index (κ1) is 14.5.